The van der Waals surface area contributed by atoms with Gasteiger partial charge in [0.1, 0.15) is 5.75 Å². The monoisotopic (exact) mass is 434 g/mol. The van der Waals surface area contributed by atoms with E-state index < -0.39 is 25.1 Å². The molecule has 0 heterocycles. The van der Waals surface area contributed by atoms with Gasteiger partial charge in [0.15, 0.2) is 6.61 Å². The van der Waals surface area contributed by atoms with Crippen molar-refractivity contribution in [2.75, 3.05) is 18.1 Å². The number of halogens is 3. The van der Waals surface area contributed by atoms with Gasteiger partial charge in [-0.15, -0.1) is 0 Å². The van der Waals surface area contributed by atoms with Crippen LogP contribution in [0.25, 0.3) is 6.08 Å². The normalized spacial score (nSPS) is 10.6. The number of hydrogen-bond acceptors (Lipinski definition) is 5. The topological polar surface area (TPSA) is 79.6 Å². The summed E-state index contributed by atoms with van der Waals surface area (Å²) in [5, 5.41) is 9.22. The average molecular weight is 435 g/mol. The minimum absolute atomic E-state index is 0.00574. The zero-order valence-corrected chi connectivity index (χ0v) is 16.4. The molecule has 0 bridgehead atoms. The number of ether oxygens (including phenoxy) is 2. The van der Waals surface area contributed by atoms with Crippen molar-refractivity contribution in [3.8, 4) is 11.8 Å². The standard InChI is InChI=1S/C21H17ClF2N2O4/c22-16-3-1-4-17(13-16)26(12-2-11-25)19(27)14-29-20(28)10-7-15-5-8-18(9-6-15)30-21(23)24/h1,3-10,13,21H,2,12,14H2/b10-7+. The summed E-state index contributed by atoms with van der Waals surface area (Å²) in [6.07, 6.45) is 2.61. The van der Waals surface area contributed by atoms with E-state index in [9.17, 15) is 18.4 Å². The van der Waals surface area contributed by atoms with E-state index in [4.69, 9.17) is 21.6 Å². The number of alkyl halides is 2. The molecular formula is C21H17ClF2N2O4. The predicted molar refractivity (Wildman–Crippen MR) is 107 cm³/mol. The largest absolute Gasteiger partial charge is 0.452 e. The van der Waals surface area contributed by atoms with Crippen molar-refractivity contribution in [3.63, 3.8) is 0 Å². The molecule has 6 nitrogen and oxygen atoms in total. The SMILES string of the molecule is N#CCCN(C(=O)COC(=O)/C=C/c1ccc(OC(F)F)cc1)c1cccc(Cl)c1. The van der Waals surface area contributed by atoms with Crippen molar-refractivity contribution in [3.05, 3.63) is 65.2 Å². The first-order chi connectivity index (χ1) is 14.4. The van der Waals surface area contributed by atoms with E-state index in [0.717, 1.165) is 6.08 Å². The Kier molecular flexibility index (Phi) is 8.78. The first-order valence-corrected chi connectivity index (χ1v) is 9.09. The second-order valence-electron chi connectivity index (χ2n) is 5.82. The average Bonchev–Trinajstić information content (AvgIpc) is 2.71. The number of anilines is 1. The van der Waals surface area contributed by atoms with Crippen molar-refractivity contribution in [1.29, 1.82) is 5.26 Å². The number of carbonyl (C=O) groups excluding carboxylic acids is 2. The molecule has 0 radical (unpaired) electrons. The third-order valence-corrected chi connectivity index (χ3v) is 3.96. The Labute approximate surface area is 176 Å². The first-order valence-electron chi connectivity index (χ1n) is 8.71. The van der Waals surface area contributed by atoms with Crippen molar-refractivity contribution >= 4 is 35.2 Å². The van der Waals surface area contributed by atoms with E-state index >= 15 is 0 Å². The molecule has 30 heavy (non-hydrogen) atoms. The highest BCUT2D eigenvalue weighted by Crippen LogP contribution is 2.20. The highest BCUT2D eigenvalue weighted by Gasteiger charge is 2.17. The van der Waals surface area contributed by atoms with Gasteiger partial charge in [-0.05, 0) is 42.0 Å². The van der Waals surface area contributed by atoms with Gasteiger partial charge in [-0.25, -0.2) is 4.79 Å². The number of rotatable bonds is 9. The molecule has 0 saturated heterocycles. The van der Waals surface area contributed by atoms with E-state index in [1.54, 1.807) is 24.3 Å². The van der Waals surface area contributed by atoms with Gasteiger partial charge >= 0.3 is 12.6 Å². The molecule has 9 heteroatoms. The molecular weight excluding hydrogens is 418 g/mol. The van der Waals surface area contributed by atoms with Crippen molar-refractivity contribution in [2.45, 2.75) is 13.0 Å². The Bertz CT molecular complexity index is 943. The lowest BCUT2D eigenvalue weighted by Gasteiger charge is -2.21. The van der Waals surface area contributed by atoms with Crippen molar-refractivity contribution < 1.29 is 27.8 Å². The van der Waals surface area contributed by atoms with Crippen LogP contribution in [0, 0.1) is 11.3 Å². The molecule has 0 spiro atoms. The van der Waals surface area contributed by atoms with Crippen LogP contribution in [0.2, 0.25) is 5.02 Å². The molecule has 156 valence electrons. The van der Waals surface area contributed by atoms with E-state index in [1.807, 2.05) is 6.07 Å². The number of carbonyl (C=O) groups is 2. The van der Waals surface area contributed by atoms with Crippen LogP contribution >= 0.6 is 11.6 Å². The molecule has 0 unspecified atom stereocenters. The summed E-state index contributed by atoms with van der Waals surface area (Å²) in [6, 6.07) is 14.1. The van der Waals surface area contributed by atoms with E-state index in [1.165, 1.54) is 35.2 Å². The molecule has 0 aliphatic carbocycles. The Balaban J connectivity index is 1.93. The number of benzene rings is 2. The lowest BCUT2D eigenvalue weighted by molar-refractivity contribution is -0.142. The first kappa shape index (κ1) is 22.8. The van der Waals surface area contributed by atoms with E-state index in [-0.39, 0.29) is 18.7 Å². The molecule has 2 aromatic carbocycles. The van der Waals surface area contributed by atoms with Crippen LogP contribution in [0.3, 0.4) is 0 Å². The Morgan fingerprint density at radius 1 is 1.20 bits per heavy atom. The zero-order chi connectivity index (χ0) is 21.9. The fourth-order valence-corrected chi connectivity index (χ4v) is 2.57. The third-order valence-electron chi connectivity index (χ3n) is 3.72. The van der Waals surface area contributed by atoms with Crippen LogP contribution < -0.4 is 9.64 Å². The van der Waals surface area contributed by atoms with Gasteiger partial charge in [-0.3, -0.25) is 4.79 Å². The number of nitrogens with zero attached hydrogens (tertiary/aromatic N) is 2. The summed E-state index contributed by atoms with van der Waals surface area (Å²) in [5.74, 6) is -1.28. The summed E-state index contributed by atoms with van der Waals surface area (Å²) in [6.45, 7) is -3.32. The fraction of sp³-hybridized carbons (Fsp3) is 0.190. The van der Waals surface area contributed by atoms with Gasteiger partial charge in [0.05, 0.1) is 12.5 Å². The maximum atomic E-state index is 12.5. The summed E-state index contributed by atoms with van der Waals surface area (Å²) in [5.41, 5.74) is 1.04. The van der Waals surface area contributed by atoms with Gasteiger partial charge in [-0.2, -0.15) is 14.0 Å². The smallest absolute Gasteiger partial charge is 0.387 e. The van der Waals surface area contributed by atoms with Gasteiger partial charge in [0, 0.05) is 23.3 Å². The summed E-state index contributed by atoms with van der Waals surface area (Å²) < 4.78 is 33.4. The number of hydrogen-bond donors (Lipinski definition) is 0. The zero-order valence-electron chi connectivity index (χ0n) is 15.6. The van der Waals surface area contributed by atoms with Crippen LogP contribution in [-0.2, 0) is 14.3 Å². The molecule has 0 atom stereocenters. The summed E-state index contributed by atoms with van der Waals surface area (Å²) in [7, 11) is 0. The predicted octanol–water partition coefficient (Wildman–Crippen LogP) is 4.44. The van der Waals surface area contributed by atoms with E-state index in [2.05, 4.69) is 4.74 Å². The maximum Gasteiger partial charge on any atom is 0.387 e. The molecule has 0 fully saturated rings. The highest BCUT2D eigenvalue weighted by atomic mass is 35.5. The number of esters is 1. The molecule has 1 amide bonds. The lowest BCUT2D eigenvalue weighted by Crippen LogP contribution is -2.35. The van der Waals surface area contributed by atoms with Gasteiger partial charge < -0.3 is 14.4 Å². The van der Waals surface area contributed by atoms with Crippen LogP contribution in [-0.4, -0.2) is 31.6 Å². The van der Waals surface area contributed by atoms with Crippen LogP contribution in [0.5, 0.6) is 5.75 Å². The molecule has 2 rings (SSSR count). The van der Waals surface area contributed by atoms with Crippen LogP contribution in [0.1, 0.15) is 12.0 Å². The highest BCUT2D eigenvalue weighted by molar-refractivity contribution is 6.30. The Morgan fingerprint density at radius 3 is 2.57 bits per heavy atom. The minimum Gasteiger partial charge on any atom is -0.452 e. The maximum absolute atomic E-state index is 12.5. The third kappa shape index (κ3) is 7.53. The molecule has 0 saturated carbocycles. The molecule has 0 aliphatic rings. The van der Waals surface area contributed by atoms with Crippen molar-refractivity contribution in [1.82, 2.24) is 0 Å². The van der Waals surface area contributed by atoms with Gasteiger partial charge in [0.25, 0.3) is 5.91 Å². The second-order valence-corrected chi connectivity index (χ2v) is 6.26. The van der Waals surface area contributed by atoms with Gasteiger partial charge in [-0.1, -0.05) is 29.8 Å². The summed E-state index contributed by atoms with van der Waals surface area (Å²) >= 11 is 5.95. The fourth-order valence-electron chi connectivity index (χ4n) is 2.39. The minimum atomic E-state index is -2.92. The van der Waals surface area contributed by atoms with Crippen LogP contribution in [0.4, 0.5) is 14.5 Å². The summed E-state index contributed by atoms with van der Waals surface area (Å²) in [4.78, 5) is 25.7. The van der Waals surface area contributed by atoms with Crippen molar-refractivity contribution in [2.24, 2.45) is 0 Å². The molecule has 0 aromatic heterocycles. The number of nitriles is 1. The van der Waals surface area contributed by atoms with E-state index in [0.29, 0.717) is 16.3 Å². The van der Waals surface area contributed by atoms with Crippen LogP contribution in [0.15, 0.2) is 54.6 Å². The number of amides is 1. The molecule has 0 N–H and O–H groups in total. The quantitative estimate of drug-likeness (QED) is 0.430. The lowest BCUT2D eigenvalue weighted by atomic mass is 10.2. The Morgan fingerprint density at radius 2 is 1.93 bits per heavy atom. The molecule has 0 aliphatic heterocycles. The second kappa shape index (κ2) is 11.5. The molecule has 2 aromatic rings. The Hall–Kier alpha value is -3.44. The van der Waals surface area contributed by atoms with Gasteiger partial charge in [0.2, 0.25) is 0 Å².